The summed E-state index contributed by atoms with van der Waals surface area (Å²) in [5.41, 5.74) is 1.02. The summed E-state index contributed by atoms with van der Waals surface area (Å²) in [5, 5.41) is 7.13. The molecule has 1 fully saturated rings. The molecule has 0 bridgehead atoms. The number of carbonyl (C=O) groups is 1. The number of nitrogens with one attached hydrogen (secondary N) is 2. The maximum atomic E-state index is 13.4. The third-order valence-corrected chi connectivity index (χ3v) is 9.31. The van der Waals surface area contributed by atoms with Crippen LogP contribution in [0.25, 0.3) is 0 Å². The zero-order valence-corrected chi connectivity index (χ0v) is 24.5. The Balaban J connectivity index is 1.62. The Morgan fingerprint density at radius 2 is 1.67 bits per heavy atom. The Morgan fingerprint density at radius 1 is 0.949 bits per heavy atom. The van der Waals surface area contributed by atoms with Gasteiger partial charge in [0.2, 0.25) is 10.0 Å². The lowest BCUT2D eigenvalue weighted by Gasteiger charge is -2.26. The minimum atomic E-state index is -3.74. The van der Waals surface area contributed by atoms with E-state index in [0.717, 1.165) is 31.2 Å². The summed E-state index contributed by atoms with van der Waals surface area (Å²) in [7, 11) is -3.74. The van der Waals surface area contributed by atoms with Crippen LogP contribution >= 0.6 is 34.8 Å². The van der Waals surface area contributed by atoms with Crippen molar-refractivity contribution in [2.24, 2.45) is 0 Å². The molecule has 1 aliphatic rings. The highest BCUT2D eigenvalue weighted by Gasteiger charge is 2.27. The van der Waals surface area contributed by atoms with Crippen LogP contribution in [0.3, 0.4) is 0 Å². The number of piperidine rings is 1. The highest BCUT2D eigenvalue weighted by atomic mass is 35.5. The summed E-state index contributed by atoms with van der Waals surface area (Å²) in [4.78, 5) is 13.3. The molecule has 1 unspecified atom stereocenters. The minimum Gasteiger partial charge on any atom is -0.455 e. The van der Waals surface area contributed by atoms with Crippen LogP contribution < -0.4 is 15.4 Å². The number of hydrogen-bond donors (Lipinski definition) is 2. The molecule has 0 spiro atoms. The van der Waals surface area contributed by atoms with Crippen molar-refractivity contribution in [3.05, 3.63) is 81.3 Å². The van der Waals surface area contributed by atoms with E-state index in [1.165, 1.54) is 16.4 Å². The van der Waals surface area contributed by atoms with Crippen molar-refractivity contribution in [1.29, 1.82) is 0 Å². The van der Waals surface area contributed by atoms with E-state index in [-0.39, 0.29) is 22.4 Å². The average molecular weight is 611 g/mol. The van der Waals surface area contributed by atoms with Gasteiger partial charge in [0.05, 0.1) is 26.7 Å². The van der Waals surface area contributed by atoms with E-state index >= 15 is 0 Å². The van der Waals surface area contributed by atoms with E-state index in [9.17, 15) is 13.2 Å². The van der Waals surface area contributed by atoms with Gasteiger partial charge in [0.15, 0.2) is 5.75 Å². The van der Waals surface area contributed by atoms with E-state index in [0.29, 0.717) is 40.3 Å². The third kappa shape index (κ3) is 7.58. The second kappa shape index (κ2) is 13.2. The zero-order chi connectivity index (χ0) is 28.0. The van der Waals surface area contributed by atoms with Gasteiger partial charge in [0.1, 0.15) is 5.75 Å². The van der Waals surface area contributed by atoms with Crippen LogP contribution in [0.4, 0.5) is 10.5 Å². The lowest BCUT2D eigenvalue weighted by molar-refractivity contribution is 0.247. The van der Waals surface area contributed by atoms with Crippen molar-refractivity contribution in [2.75, 3.05) is 18.4 Å². The lowest BCUT2D eigenvalue weighted by atomic mass is 10.0. The molecule has 208 valence electrons. The predicted molar refractivity (Wildman–Crippen MR) is 157 cm³/mol. The summed E-state index contributed by atoms with van der Waals surface area (Å²) in [6.07, 6.45) is 4.10. The van der Waals surface area contributed by atoms with Crippen molar-refractivity contribution in [1.82, 2.24) is 9.62 Å². The van der Waals surface area contributed by atoms with Gasteiger partial charge in [-0.1, -0.05) is 60.6 Å². The van der Waals surface area contributed by atoms with Gasteiger partial charge in [0.25, 0.3) is 0 Å². The van der Waals surface area contributed by atoms with Gasteiger partial charge in [-0.3, -0.25) is 0 Å². The first-order chi connectivity index (χ1) is 18.7. The topological polar surface area (TPSA) is 87.7 Å². The average Bonchev–Trinajstić information content (AvgIpc) is 2.92. The highest BCUT2D eigenvalue weighted by molar-refractivity contribution is 7.89. The van der Waals surface area contributed by atoms with Gasteiger partial charge in [0, 0.05) is 18.1 Å². The maximum absolute atomic E-state index is 13.4. The second-order valence-electron chi connectivity index (χ2n) is 9.29. The Morgan fingerprint density at radius 3 is 2.33 bits per heavy atom. The number of urea groups is 1. The Labute approximate surface area is 244 Å². The fourth-order valence-electron chi connectivity index (χ4n) is 4.40. The van der Waals surface area contributed by atoms with Crippen LogP contribution in [0.1, 0.15) is 50.6 Å². The molecule has 0 aromatic heterocycles. The van der Waals surface area contributed by atoms with Crippen LogP contribution in [-0.4, -0.2) is 31.8 Å². The lowest BCUT2D eigenvalue weighted by Crippen LogP contribution is -2.35. The number of nitrogens with zero attached hydrogens (tertiary/aromatic N) is 1. The Kier molecular flexibility index (Phi) is 10.0. The Hall–Kier alpha value is -2.49. The monoisotopic (exact) mass is 609 g/mol. The fraction of sp³-hybridized carbons (Fsp3) is 0.321. The number of sulfonamides is 1. The molecule has 3 aromatic rings. The molecule has 1 atom stereocenters. The summed E-state index contributed by atoms with van der Waals surface area (Å²) in [6.45, 7) is 2.95. The SMILES string of the molecule is CCCC(NC(=O)Nc1cc(S(=O)(=O)N2CCCCC2)ccc1Oc1ccc(Cl)cc1)c1ccc(Cl)c(Cl)c1. The predicted octanol–water partition coefficient (Wildman–Crippen LogP) is 8.28. The van der Waals surface area contributed by atoms with Gasteiger partial charge in [-0.25, -0.2) is 13.2 Å². The van der Waals surface area contributed by atoms with Crippen LogP contribution in [0.2, 0.25) is 15.1 Å². The van der Waals surface area contributed by atoms with Gasteiger partial charge in [-0.15, -0.1) is 0 Å². The van der Waals surface area contributed by atoms with Crippen molar-refractivity contribution in [2.45, 2.75) is 50.0 Å². The largest absolute Gasteiger partial charge is 0.455 e. The molecule has 1 aliphatic heterocycles. The molecular weight excluding hydrogens is 581 g/mol. The van der Waals surface area contributed by atoms with E-state index < -0.39 is 16.1 Å². The number of amides is 2. The zero-order valence-electron chi connectivity index (χ0n) is 21.4. The van der Waals surface area contributed by atoms with Gasteiger partial charge < -0.3 is 15.4 Å². The molecule has 2 amide bonds. The summed E-state index contributed by atoms with van der Waals surface area (Å²) in [6, 6.07) is 15.6. The number of halogens is 3. The van der Waals surface area contributed by atoms with E-state index in [2.05, 4.69) is 10.6 Å². The van der Waals surface area contributed by atoms with Gasteiger partial charge >= 0.3 is 6.03 Å². The van der Waals surface area contributed by atoms with Crippen LogP contribution in [0, 0.1) is 0 Å². The first-order valence-electron chi connectivity index (χ1n) is 12.8. The quantitative estimate of drug-likeness (QED) is 0.255. The molecule has 0 aliphatic carbocycles. The first kappa shape index (κ1) is 29.5. The van der Waals surface area contributed by atoms with Crippen LogP contribution in [-0.2, 0) is 10.0 Å². The molecule has 3 aromatic carbocycles. The molecule has 39 heavy (non-hydrogen) atoms. The molecule has 1 saturated heterocycles. The smallest absolute Gasteiger partial charge is 0.319 e. The fourth-order valence-corrected chi connectivity index (χ4v) is 6.37. The number of rotatable bonds is 9. The van der Waals surface area contributed by atoms with Gasteiger partial charge in [-0.05, 0) is 79.4 Å². The molecule has 11 heteroatoms. The first-order valence-corrected chi connectivity index (χ1v) is 15.3. The van der Waals surface area contributed by atoms with Crippen molar-refractivity contribution >= 4 is 56.5 Å². The molecular formula is C28H30Cl3N3O4S. The molecule has 0 radical (unpaired) electrons. The Bertz CT molecular complexity index is 1410. The third-order valence-electron chi connectivity index (χ3n) is 6.42. The summed E-state index contributed by atoms with van der Waals surface area (Å²) in [5.74, 6) is 0.765. The molecule has 4 rings (SSSR count). The second-order valence-corrected chi connectivity index (χ2v) is 12.5. The van der Waals surface area contributed by atoms with Crippen molar-refractivity contribution in [3.63, 3.8) is 0 Å². The summed E-state index contributed by atoms with van der Waals surface area (Å²) >= 11 is 18.3. The van der Waals surface area contributed by atoms with Crippen LogP contribution in [0.15, 0.2) is 65.6 Å². The van der Waals surface area contributed by atoms with E-state index in [1.807, 2.05) is 13.0 Å². The number of hydrogen-bond acceptors (Lipinski definition) is 4. The normalized spacial score (nSPS) is 15.0. The number of ether oxygens (including phenoxy) is 1. The minimum absolute atomic E-state index is 0.0812. The molecule has 0 saturated carbocycles. The molecule has 1 heterocycles. The summed E-state index contributed by atoms with van der Waals surface area (Å²) < 4.78 is 34.2. The molecule has 2 N–H and O–H groups in total. The molecule has 7 nitrogen and oxygen atoms in total. The number of benzene rings is 3. The van der Waals surface area contributed by atoms with Crippen molar-refractivity contribution < 1.29 is 17.9 Å². The van der Waals surface area contributed by atoms with E-state index in [4.69, 9.17) is 39.5 Å². The highest BCUT2D eigenvalue weighted by Crippen LogP contribution is 2.34. The van der Waals surface area contributed by atoms with Crippen molar-refractivity contribution in [3.8, 4) is 11.5 Å². The number of anilines is 1. The van der Waals surface area contributed by atoms with E-state index in [1.54, 1.807) is 42.5 Å². The number of carbonyl (C=O) groups excluding carboxylic acids is 1. The standard InChI is InChI=1S/C28H30Cl3N3O4S/c1-2-6-25(19-7-13-23(30)24(31)17-19)32-28(35)33-26-18-22(39(36,37)34-15-4-3-5-16-34)12-14-27(26)38-21-10-8-20(29)9-11-21/h7-14,17-18,25H,2-6,15-16H2,1H3,(H2,32,33,35). The van der Waals surface area contributed by atoms with Gasteiger partial charge in [-0.2, -0.15) is 4.31 Å². The maximum Gasteiger partial charge on any atom is 0.319 e. The van der Waals surface area contributed by atoms with Crippen LogP contribution in [0.5, 0.6) is 11.5 Å².